The highest BCUT2D eigenvalue weighted by Crippen LogP contribution is 2.41. The zero-order valence-corrected chi connectivity index (χ0v) is 15.1. The summed E-state index contributed by atoms with van der Waals surface area (Å²) in [4.78, 5) is 13.8. The van der Waals surface area contributed by atoms with Crippen LogP contribution in [0, 0.1) is 11.8 Å². The van der Waals surface area contributed by atoms with Gasteiger partial charge in [0.05, 0.1) is 0 Å². The van der Waals surface area contributed by atoms with Gasteiger partial charge in [-0.3, -0.25) is 4.90 Å². The van der Waals surface area contributed by atoms with Crippen LogP contribution in [-0.2, 0) is 6.54 Å². The number of hydrogen-bond acceptors (Lipinski definition) is 5. The highest BCUT2D eigenvalue weighted by Gasteiger charge is 2.40. The van der Waals surface area contributed by atoms with Crippen LogP contribution in [0.15, 0.2) is 12.4 Å². The van der Waals surface area contributed by atoms with E-state index in [1.54, 1.807) is 0 Å². The van der Waals surface area contributed by atoms with Gasteiger partial charge < -0.3 is 10.6 Å². The quantitative estimate of drug-likeness (QED) is 0.891. The second kappa shape index (κ2) is 7.97. The Hall–Kier alpha value is -0.620. The van der Waals surface area contributed by atoms with Gasteiger partial charge in [-0.2, -0.15) is 0 Å². The fourth-order valence-electron chi connectivity index (χ4n) is 3.86. The first-order valence-corrected chi connectivity index (χ1v) is 8.33. The fourth-order valence-corrected chi connectivity index (χ4v) is 3.86. The van der Waals surface area contributed by atoms with E-state index in [4.69, 9.17) is 5.73 Å². The summed E-state index contributed by atoms with van der Waals surface area (Å²) in [6.45, 7) is 5.32. The highest BCUT2D eigenvalue weighted by molar-refractivity contribution is 5.85. The van der Waals surface area contributed by atoms with Crippen molar-refractivity contribution >= 4 is 30.8 Å². The van der Waals surface area contributed by atoms with Crippen LogP contribution < -0.4 is 10.6 Å². The number of nitrogens with two attached hydrogens (primary N) is 1. The second-order valence-corrected chi connectivity index (χ2v) is 6.94. The summed E-state index contributed by atoms with van der Waals surface area (Å²) in [5.41, 5.74) is 7.50. The topological polar surface area (TPSA) is 58.3 Å². The van der Waals surface area contributed by atoms with Crippen molar-refractivity contribution in [2.75, 3.05) is 31.1 Å². The molecule has 2 saturated heterocycles. The van der Waals surface area contributed by atoms with E-state index in [0.29, 0.717) is 6.04 Å². The molecular formula is C16H27Cl2N5. The molecule has 23 heavy (non-hydrogen) atoms. The molecule has 2 atom stereocenters. The molecule has 0 spiro atoms. The summed E-state index contributed by atoms with van der Waals surface area (Å²) in [7, 11) is 0. The molecule has 0 aromatic carbocycles. The molecule has 0 radical (unpaired) electrons. The number of likely N-dealkylation sites (tertiary alicyclic amines) is 1. The van der Waals surface area contributed by atoms with Crippen LogP contribution in [0.2, 0.25) is 0 Å². The minimum absolute atomic E-state index is 0. The summed E-state index contributed by atoms with van der Waals surface area (Å²) in [6, 6.07) is 0.363. The van der Waals surface area contributed by atoms with Gasteiger partial charge in [-0.15, -0.1) is 24.8 Å². The lowest BCUT2D eigenvalue weighted by atomic mass is 9.99. The third kappa shape index (κ3) is 4.27. The molecule has 7 heteroatoms. The van der Waals surface area contributed by atoms with Gasteiger partial charge in [0.25, 0.3) is 0 Å². The molecule has 2 N–H and O–H groups in total. The van der Waals surface area contributed by atoms with Crippen molar-refractivity contribution in [3.63, 3.8) is 0 Å². The van der Waals surface area contributed by atoms with Crippen molar-refractivity contribution in [2.24, 2.45) is 17.6 Å². The van der Waals surface area contributed by atoms with Gasteiger partial charge >= 0.3 is 0 Å². The van der Waals surface area contributed by atoms with Gasteiger partial charge in [-0.05, 0) is 37.5 Å². The second-order valence-electron chi connectivity index (χ2n) is 6.94. The van der Waals surface area contributed by atoms with E-state index in [-0.39, 0.29) is 24.8 Å². The largest absolute Gasteiger partial charge is 0.341 e. The molecule has 3 aliphatic rings. The SMILES string of the molecule is Cl.Cl.N[C@H]1CN(Cc2cnc(N3CCCC3)nc2)C[C@@H]1C1CC1. The number of anilines is 1. The van der Waals surface area contributed by atoms with E-state index >= 15 is 0 Å². The van der Waals surface area contributed by atoms with Gasteiger partial charge in [0.2, 0.25) is 5.95 Å². The van der Waals surface area contributed by atoms with E-state index in [2.05, 4.69) is 19.8 Å². The van der Waals surface area contributed by atoms with Gasteiger partial charge in [-0.25, -0.2) is 9.97 Å². The van der Waals surface area contributed by atoms with E-state index in [9.17, 15) is 0 Å². The Kier molecular flexibility index (Phi) is 6.48. The molecule has 1 aliphatic carbocycles. The average Bonchev–Trinajstić information content (AvgIpc) is 3.05. The summed E-state index contributed by atoms with van der Waals surface area (Å²) < 4.78 is 0. The molecule has 1 aromatic rings. The van der Waals surface area contributed by atoms with Crippen molar-refractivity contribution < 1.29 is 0 Å². The monoisotopic (exact) mass is 359 g/mol. The first kappa shape index (κ1) is 18.7. The summed E-state index contributed by atoms with van der Waals surface area (Å²) in [6.07, 6.45) is 9.30. The molecule has 5 nitrogen and oxygen atoms in total. The van der Waals surface area contributed by atoms with Crippen LogP contribution >= 0.6 is 24.8 Å². The molecule has 4 rings (SSSR count). The molecule has 0 unspecified atom stereocenters. The molecule has 1 aromatic heterocycles. The molecule has 130 valence electrons. The van der Waals surface area contributed by atoms with Crippen LogP contribution in [0.25, 0.3) is 0 Å². The number of halogens is 2. The Balaban J connectivity index is 0.000000960. The Morgan fingerprint density at radius 3 is 2.30 bits per heavy atom. The van der Waals surface area contributed by atoms with E-state index in [1.807, 2.05) is 12.4 Å². The predicted octanol–water partition coefficient (Wildman–Crippen LogP) is 2.09. The van der Waals surface area contributed by atoms with Gasteiger partial charge in [0.1, 0.15) is 0 Å². The zero-order chi connectivity index (χ0) is 14.2. The number of hydrogen-bond donors (Lipinski definition) is 1. The van der Waals surface area contributed by atoms with Crippen molar-refractivity contribution in [2.45, 2.75) is 38.3 Å². The van der Waals surface area contributed by atoms with Crippen LogP contribution in [0.3, 0.4) is 0 Å². The summed E-state index contributed by atoms with van der Waals surface area (Å²) in [5.74, 6) is 2.51. The lowest BCUT2D eigenvalue weighted by molar-refractivity contribution is 0.309. The zero-order valence-electron chi connectivity index (χ0n) is 13.4. The van der Waals surface area contributed by atoms with Crippen molar-refractivity contribution in [1.29, 1.82) is 0 Å². The predicted molar refractivity (Wildman–Crippen MR) is 97.4 cm³/mol. The molecule has 1 saturated carbocycles. The standard InChI is InChI=1S/C16H25N5.2ClH/c17-15-11-20(10-14(15)13-3-4-13)9-12-7-18-16(19-8-12)21-5-1-2-6-21;;/h7-8,13-15H,1-6,9-11,17H2;2*1H/t14-,15+;;/m1../s1. The highest BCUT2D eigenvalue weighted by atomic mass is 35.5. The minimum Gasteiger partial charge on any atom is -0.341 e. The van der Waals surface area contributed by atoms with Gasteiger partial charge in [0, 0.05) is 56.7 Å². The smallest absolute Gasteiger partial charge is 0.225 e. The Morgan fingerprint density at radius 2 is 1.70 bits per heavy atom. The third-order valence-corrected chi connectivity index (χ3v) is 5.20. The van der Waals surface area contributed by atoms with E-state index in [0.717, 1.165) is 50.5 Å². The summed E-state index contributed by atoms with van der Waals surface area (Å²) >= 11 is 0. The molecule has 0 bridgehead atoms. The van der Waals surface area contributed by atoms with Crippen LogP contribution in [0.1, 0.15) is 31.2 Å². The molecule has 2 aliphatic heterocycles. The van der Waals surface area contributed by atoms with E-state index in [1.165, 1.54) is 31.2 Å². The summed E-state index contributed by atoms with van der Waals surface area (Å²) in [5, 5.41) is 0. The molecular weight excluding hydrogens is 333 g/mol. The lowest BCUT2D eigenvalue weighted by Gasteiger charge is -2.17. The fraction of sp³-hybridized carbons (Fsp3) is 0.750. The molecule has 3 fully saturated rings. The van der Waals surface area contributed by atoms with Crippen LogP contribution in [-0.4, -0.2) is 47.1 Å². The molecule has 3 heterocycles. The Morgan fingerprint density at radius 1 is 1.04 bits per heavy atom. The Labute approximate surface area is 150 Å². The van der Waals surface area contributed by atoms with Crippen LogP contribution in [0.4, 0.5) is 5.95 Å². The average molecular weight is 360 g/mol. The molecule has 0 amide bonds. The van der Waals surface area contributed by atoms with Gasteiger partial charge in [-0.1, -0.05) is 0 Å². The van der Waals surface area contributed by atoms with Crippen molar-refractivity contribution in [1.82, 2.24) is 14.9 Å². The lowest BCUT2D eigenvalue weighted by Crippen LogP contribution is -2.30. The first-order chi connectivity index (χ1) is 10.3. The first-order valence-electron chi connectivity index (χ1n) is 8.33. The van der Waals surface area contributed by atoms with Crippen molar-refractivity contribution in [3.05, 3.63) is 18.0 Å². The van der Waals surface area contributed by atoms with E-state index < -0.39 is 0 Å². The normalized spacial score (nSPS) is 27.6. The maximum absolute atomic E-state index is 6.29. The number of aromatic nitrogens is 2. The third-order valence-electron chi connectivity index (χ3n) is 5.20. The van der Waals surface area contributed by atoms with Crippen LogP contribution in [0.5, 0.6) is 0 Å². The maximum atomic E-state index is 6.29. The minimum atomic E-state index is 0. The maximum Gasteiger partial charge on any atom is 0.225 e. The van der Waals surface area contributed by atoms with Crippen molar-refractivity contribution in [3.8, 4) is 0 Å². The Bertz CT molecular complexity index is 488. The number of rotatable bonds is 4. The number of nitrogens with zero attached hydrogens (tertiary/aromatic N) is 4. The van der Waals surface area contributed by atoms with Gasteiger partial charge in [0.15, 0.2) is 0 Å².